The van der Waals surface area contributed by atoms with Gasteiger partial charge in [-0.15, -0.1) is 0 Å². The van der Waals surface area contributed by atoms with Crippen LogP contribution in [0, 0.1) is 0 Å². The van der Waals surface area contributed by atoms with Crippen LogP contribution in [0.1, 0.15) is 12.0 Å². The average Bonchev–Trinajstić information content (AvgIpc) is 2.86. The van der Waals surface area contributed by atoms with Crippen molar-refractivity contribution in [3.63, 3.8) is 0 Å². The molecule has 2 rings (SSSR count). The van der Waals surface area contributed by atoms with Gasteiger partial charge in [0.05, 0.1) is 0 Å². The maximum Gasteiger partial charge on any atom is 0.231 e. The Morgan fingerprint density at radius 3 is 3.11 bits per heavy atom. The fourth-order valence-corrected chi connectivity index (χ4v) is 2.59. The molecule has 0 aliphatic carbocycles. The number of para-hydroxylation sites is 1. The molecule has 0 bridgehead atoms. The van der Waals surface area contributed by atoms with Crippen molar-refractivity contribution < 1.29 is 14.6 Å². The van der Waals surface area contributed by atoms with Crippen LogP contribution in [0.3, 0.4) is 0 Å². The number of rotatable bonds is 8. The summed E-state index contributed by atoms with van der Waals surface area (Å²) in [5, 5.41) is 12.0. The van der Waals surface area contributed by atoms with E-state index in [1.165, 1.54) is 0 Å². The van der Waals surface area contributed by atoms with E-state index in [9.17, 15) is 0 Å². The van der Waals surface area contributed by atoms with E-state index in [-0.39, 0.29) is 6.61 Å². The van der Waals surface area contributed by atoms with Crippen LogP contribution in [0.15, 0.2) is 18.2 Å². The fourth-order valence-electron chi connectivity index (χ4n) is 1.77. The van der Waals surface area contributed by atoms with E-state index < -0.39 is 0 Å². The lowest BCUT2D eigenvalue weighted by molar-refractivity contribution is 0.173. The first-order chi connectivity index (χ1) is 8.92. The molecule has 1 aliphatic rings. The second-order valence-corrected chi connectivity index (χ2v) is 5.24. The van der Waals surface area contributed by atoms with Crippen LogP contribution in [0.5, 0.6) is 11.5 Å². The van der Waals surface area contributed by atoms with Gasteiger partial charge in [0.1, 0.15) is 0 Å². The van der Waals surface area contributed by atoms with Gasteiger partial charge in [0.25, 0.3) is 0 Å². The molecule has 0 atom stereocenters. The van der Waals surface area contributed by atoms with E-state index in [4.69, 9.17) is 14.6 Å². The second-order valence-electron chi connectivity index (χ2n) is 4.02. The topological polar surface area (TPSA) is 50.7 Å². The monoisotopic (exact) mass is 269 g/mol. The van der Waals surface area contributed by atoms with Crippen LogP contribution in [-0.4, -0.2) is 36.6 Å². The standard InChI is InChI=1S/C13H19NO3S/c15-6-2-7-18-8-5-14-9-11-3-1-4-12-13(11)17-10-16-12/h1,3-4,14-15H,2,5-10H2. The number of nitrogens with one attached hydrogen (secondary N) is 1. The average molecular weight is 269 g/mol. The minimum Gasteiger partial charge on any atom is -0.454 e. The summed E-state index contributed by atoms with van der Waals surface area (Å²) in [4.78, 5) is 0. The molecule has 1 aromatic rings. The molecule has 0 saturated heterocycles. The number of hydrogen-bond acceptors (Lipinski definition) is 5. The lowest BCUT2D eigenvalue weighted by Gasteiger charge is -2.07. The Kier molecular flexibility index (Phi) is 5.64. The van der Waals surface area contributed by atoms with E-state index in [0.717, 1.165) is 48.1 Å². The Hall–Kier alpha value is -0.910. The summed E-state index contributed by atoms with van der Waals surface area (Å²) in [5.41, 5.74) is 1.14. The third-order valence-corrected chi connectivity index (χ3v) is 3.73. The van der Waals surface area contributed by atoms with Crippen LogP contribution >= 0.6 is 11.8 Å². The molecule has 0 radical (unpaired) electrons. The van der Waals surface area contributed by atoms with Gasteiger partial charge in [0.15, 0.2) is 11.5 Å². The number of thioether (sulfide) groups is 1. The number of hydrogen-bond donors (Lipinski definition) is 2. The molecular weight excluding hydrogens is 250 g/mol. The van der Waals surface area contributed by atoms with Crippen LogP contribution in [0.4, 0.5) is 0 Å². The number of fused-ring (bicyclic) bond motifs is 1. The summed E-state index contributed by atoms with van der Waals surface area (Å²) >= 11 is 1.86. The Balaban J connectivity index is 1.66. The van der Waals surface area contributed by atoms with Gasteiger partial charge in [-0.05, 0) is 18.2 Å². The highest BCUT2D eigenvalue weighted by atomic mass is 32.2. The second kappa shape index (κ2) is 7.51. The van der Waals surface area contributed by atoms with Crippen LogP contribution < -0.4 is 14.8 Å². The van der Waals surface area contributed by atoms with E-state index in [2.05, 4.69) is 11.4 Å². The third-order valence-electron chi connectivity index (χ3n) is 2.66. The Labute approximate surface area is 112 Å². The lowest BCUT2D eigenvalue weighted by atomic mass is 10.2. The molecule has 2 N–H and O–H groups in total. The zero-order valence-corrected chi connectivity index (χ0v) is 11.2. The van der Waals surface area contributed by atoms with Crippen LogP contribution in [0.2, 0.25) is 0 Å². The van der Waals surface area contributed by atoms with E-state index in [0.29, 0.717) is 6.79 Å². The predicted molar refractivity (Wildman–Crippen MR) is 73.3 cm³/mol. The fraction of sp³-hybridized carbons (Fsp3) is 0.538. The quantitative estimate of drug-likeness (QED) is 0.702. The van der Waals surface area contributed by atoms with Gasteiger partial charge in [-0.25, -0.2) is 0 Å². The molecule has 1 aromatic carbocycles. The first-order valence-electron chi connectivity index (χ1n) is 6.18. The van der Waals surface area contributed by atoms with Crippen molar-refractivity contribution >= 4 is 11.8 Å². The van der Waals surface area contributed by atoms with E-state index in [1.807, 2.05) is 23.9 Å². The Morgan fingerprint density at radius 2 is 2.22 bits per heavy atom. The molecular formula is C13H19NO3S. The lowest BCUT2D eigenvalue weighted by Crippen LogP contribution is -2.17. The highest BCUT2D eigenvalue weighted by Gasteiger charge is 2.16. The van der Waals surface area contributed by atoms with Gasteiger partial charge in [-0.3, -0.25) is 0 Å². The predicted octanol–water partition coefficient (Wildman–Crippen LogP) is 1.62. The molecule has 0 aromatic heterocycles. The van der Waals surface area contributed by atoms with Crippen molar-refractivity contribution in [3.05, 3.63) is 23.8 Å². The van der Waals surface area contributed by atoms with Crippen molar-refractivity contribution in [2.24, 2.45) is 0 Å². The van der Waals surface area contributed by atoms with Crippen molar-refractivity contribution in [3.8, 4) is 11.5 Å². The van der Waals surface area contributed by atoms with E-state index in [1.54, 1.807) is 0 Å². The normalized spacial score (nSPS) is 12.9. The SMILES string of the molecule is OCCCSCCNCc1cccc2c1OCO2. The highest BCUT2D eigenvalue weighted by molar-refractivity contribution is 7.99. The largest absolute Gasteiger partial charge is 0.454 e. The molecule has 0 amide bonds. The maximum atomic E-state index is 8.65. The third kappa shape index (κ3) is 3.80. The van der Waals surface area contributed by atoms with Gasteiger partial charge in [0.2, 0.25) is 6.79 Å². The molecule has 1 heterocycles. The molecule has 1 aliphatic heterocycles. The van der Waals surface area contributed by atoms with Crippen molar-refractivity contribution in [2.45, 2.75) is 13.0 Å². The van der Waals surface area contributed by atoms with Crippen molar-refractivity contribution in [1.29, 1.82) is 0 Å². The van der Waals surface area contributed by atoms with Gasteiger partial charge in [0, 0.05) is 31.0 Å². The Morgan fingerprint density at radius 1 is 1.28 bits per heavy atom. The van der Waals surface area contributed by atoms with Gasteiger partial charge >= 0.3 is 0 Å². The summed E-state index contributed by atoms with van der Waals surface area (Å²) in [6.45, 7) is 2.37. The molecule has 0 fully saturated rings. The molecule has 0 saturated carbocycles. The molecule has 5 heteroatoms. The molecule has 0 spiro atoms. The number of benzene rings is 1. The summed E-state index contributed by atoms with van der Waals surface area (Å²) in [6.07, 6.45) is 0.877. The highest BCUT2D eigenvalue weighted by Crippen LogP contribution is 2.35. The summed E-state index contributed by atoms with van der Waals surface area (Å²) in [7, 11) is 0. The minimum absolute atomic E-state index is 0.286. The van der Waals surface area contributed by atoms with Crippen molar-refractivity contribution in [1.82, 2.24) is 5.32 Å². The smallest absolute Gasteiger partial charge is 0.231 e. The molecule has 0 unspecified atom stereocenters. The first kappa shape index (κ1) is 13.5. The van der Waals surface area contributed by atoms with Crippen LogP contribution in [-0.2, 0) is 6.54 Å². The Bertz CT molecular complexity index is 373. The maximum absolute atomic E-state index is 8.65. The van der Waals surface area contributed by atoms with E-state index >= 15 is 0 Å². The zero-order chi connectivity index (χ0) is 12.6. The zero-order valence-electron chi connectivity index (χ0n) is 10.4. The van der Waals surface area contributed by atoms with Crippen molar-refractivity contribution in [2.75, 3.05) is 31.5 Å². The van der Waals surface area contributed by atoms with Gasteiger partial charge in [-0.1, -0.05) is 12.1 Å². The number of aliphatic hydroxyl groups excluding tert-OH is 1. The van der Waals surface area contributed by atoms with Gasteiger partial charge in [-0.2, -0.15) is 11.8 Å². The summed E-state index contributed by atoms with van der Waals surface area (Å²) in [6, 6.07) is 5.97. The molecule has 4 nitrogen and oxygen atoms in total. The van der Waals surface area contributed by atoms with Crippen LogP contribution in [0.25, 0.3) is 0 Å². The number of aliphatic hydroxyl groups is 1. The first-order valence-corrected chi connectivity index (χ1v) is 7.34. The molecule has 18 heavy (non-hydrogen) atoms. The summed E-state index contributed by atoms with van der Waals surface area (Å²) < 4.78 is 10.8. The summed E-state index contributed by atoms with van der Waals surface area (Å²) in [5.74, 6) is 3.80. The molecule has 100 valence electrons. The minimum atomic E-state index is 0.286. The number of ether oxygens (including phenoxy) is 2. The van der Waals surface area contributed by atoms with Gasteiger partial charge < -0.3 is 19.9 Å².